The molecule has 0 aromatic carbocycles. The topological polar surface area (TPSA) is 30.9 Å². The van der Waals surface area contributed by atoms with E-state index in [-0.39, 0.29) is 6.04 Å². The summed E-state index contributed by atoms with van der Waals surface area (Å²) < 4.78 is 2.33. The van der Waals surface area contributed by atoms with Crippen molar-refractivity contribution >= 4 is 0 Å². The molecule has 1 aliphatic rings. The van der Waals surface area contributed by atoms with E-state index in [2.05, 4.69) is 30.8 Å². The molecule has 2 nitrogen and oxygen atoms in total. The molecule has 0 saturated carbocycles. The Balaban J connectivity index is 2.08. The van der Waals surface area contributed by atoms with Gasteiger partial charge in [0, 0.05) is 25.0 Å². The Morgan fingerprint density at radius 1 is 1.47 bits per heavy atom. The fourth-order valence-electron chi connectivity index (χ4n) is 2.32. The van der Waals surface area contributed by atoms with Crippen molar-refractivity contribution < 1.29 is 0 Å². The SMILES string of the molecule is CC(C)CCn1cc2c(c1)C(N)CCC2. The summed E-state index contributed by atoms with van der Waals surface area (Å²) in [5.41, 5.74) is 8.98. The van der Waals surface area contributed by atoms with Gasteiger partial charge in [-0.3, -0.25) is 0 Å². The zero-order valence-electron chi connectivity index (χ0n) is 9.87. The van der Waals surface area contributed by atoms with Gasteiger partial charge in [-0.1, -0.05) is 13.8 Å². The lowest BCUT2D eigenvalue weighted by Gasteiger charge is -2.17. The zero-order chi connectivity index (χ0) is 10.8. The van der Waals surface area contributed by atoms with E-state index in [0.717, 1.165) is 18.9 Å². The van der Waals surface area contributed by atoms with Crippen LogP contribution in [0.1, 0.15) is 50.3 Å². The van der Waals surface area contributed by atoms with Crippen LogP contribution in [-0.4, -0.2) is 4.57 Å². The standard InChI is InChI=1S/C13H22N2/c1-10(2)6-7-15-8-11-4-3-5-13(14)12(11)9-15/h8-10,13H,3-7,14H2,1-2H3. The maximum Gasteiger partial charge on any atom is 0.0312 e. The van der Waals surface area contributed by atoms with E-state index < -0.39 is 0 Å². The first kappa shape index (κ1) is 10.7. The van der Waals surface area contributed by atoms with Gasteiger partial charge >= 0.3 is 0 Å². The van der Waals surface area contributed by atoms with Crippen LogP contribution in [0, 0.1) is 5.92 Å². The monoisotopic (exact) mass is 206 g/mol. The maximum atomic E-state index is 6.10. The molecule has 1 aliphatic carbocycles. The summed E-state index contributed by atoms with van der Waals surface area (Å²) in [6, 6.07) is 0.286. The van der Waals surface area contributed by atoms with Crippen molar-refractivity contribution in [2.24, 2.45) is 11.7 Å². The van der Waals surface area contributed by atoms with Crippen LogP contribution in [0.15, 0.2) is 12.4 Å². The molecular formula is C13H22N2. The van der Waals surface area contributed by atoms with Crippen LogP contribution in [0.25, 0.3) is 0 Å². The third kappa shape index (κ3) is 2.43. The summed E-state index contributed by atoms with van der Waals surface area (Å²) in [4.78, 5) is 0. The third-order valence-corrected chi connectivity index (χ3v) is 3.32. The zero-order valence-corrected chi connectivity index (χ0v) is 9.87. The molecule has 0 amide bonds. The fraction of sp³-hybridized carbons (Fsp3) is 0.692. The van der Waals surface area contributed by atoms with Crippen LogP contribution in [-0.2, 0) is 13.0 Å². The lowest BCUT2D eigenvalue weighted by atomic mass is 9.92. The summed E-state index contributed by atoms with van der Waals surface area (Å²) in [5, 5.41) is 0. The van der Waals surface area contributed by atoms with Crippen molar-refractivity contribution in [3.8, 4) is 0 Å². The molecule has 0 saturated heterocycles. The normalized spacial score (nSPS) is 20.7. The number of hydrogen-bond donors (Lipinski definition) is 1. The minimum absolute atomic E-state index is 0.286. The van der Waals surface area contributed by atoms with Gasteiger partial charge in [-0.25, -0.2) is 0 Å². The average Bonchev–Trinajstić information content (AvgIpc) is 2.59. The number of hydrogen-bond acceptors (Lipinski definition) is 1. The molecule has 2 rings (SSSR count). The van der Waals surface area contributed by atoms with Crippen LogP contribution in [0.3, 0.4) is 0 Å². The van der Waals surface area contributed by atoms with Crippen molar-refractivity contribution in [3.05, 3.63) is 23.5 Å². The van der Waals surface area contributed by atoms with Crippen LogP contribution < -0.4 is 5.73 Å². The van der Waals surface area contributed by atoms with E-state index in [1.165, 1.54) is 30.4 Å². The molecule has 84 valence electrons. The average molecular weight is 206 g/mol. The molecule has 2 heteroatoms. The highest BCUT2D eigenvalue weighted by atomic mass is 14.9. The lowest BCUT2D eigenvalue weighted by Crippen LogP contribution is -2.15. The Morgan fingerprint density at radius 2 is 2.27 bits per heavy atom. The van der Waals surface area contributed by atoms with Gasteiger partial charge in [0.15, 0.2) is 0 Å². The number of aryl methyl sites for hydroxylation is 2. The molecule has 0 fully saturated rings. The number of rotatable bonds is 3. The van der Waals surface area contributed by atoms with E-state index in [9.17, 15) is 0 Å². The second-order valence-corrected chi connectivity index (χ2v) is 5.16. The molecule has 2 N–H and O–H groups in total. The summed E-state index contributed by atoms with van der Waals surface area (Å²) in [6.07, 6.45) is 9.45. The number of nitrogens with two attached hydrogens (primary N) is 1. The van der Waals surface area contributed by atoms with Gasteiger partial charge < -0.3 is 10.3 Å². The first-order chi connectivity index (χ1) is 7.16. The van der Waals surface area contributed by atoms with Crippen LogP contribution in [0.4, 0.5) is 0 Å². The Hall–Kier alpha value is -0.760. The van der Waals surface area contributed by atoms with Gasteiger partial charge in [-0.05, 0) is 42.7 Å². The van der Waals surface area contributed by atoms with Gasteiger partial charge in [-0.15, -0.1) is 0 Å². The molecular weight excluding hydrogens is 184 g/mol. The minimum atomic E-state index is 0.286. The summed E-state index contributed by atoms with van der Waals surface area (Å²) in [7, 11) is 0. The molecule has 1 heterocycles. The Labute approximate surface area is 92.5 Å². The first-order valence-electron chi connectivity index (χ1n) is 6.11. The summed E-state index contributed by atoms with van der Waals surface area (Å²) >= 11 is 0. The van der Waals surface area contributed by atoms with Crippen molar-refractivity contribution in [2.45, 2.75) is 52.1 Å². The lowest BCUT2D eigenvalue weighted by molar-refractivity contribution is 0.516. The predicted octanol–water partition coefficient (Wildman–Crippen LogP) is 2.87. The van der Waals surface area contributed by atoms with Crippen LogP contribution in [0.2, 0.25) is 0 Å². The van der Waals surface area contributed by atoms with E-state index >= 15 is 0 Å². The van der Waals surface area contributed by atoms with Crippen molar-refractivity contribution in [3.63, 3.8) is 0 Å². The van der Waals surface area contributed by atoms with E-state index in [0.29, 0.717) is 0 Å². The third-order valence-electron chi connectivity index (χ3n) is 3.32. The van der Waals surface area contributed by atoms with E-state index in [4.69, 9.17) is 5.73 Å². The predicted molar refractivity (Wildman–Crippen MR) is 63.8 cm³/mol. The summed E-state index contributed by atoms with van der Waals surface area (Å²) in [6.45, 7) is 5.68. The van der Waals surface area contributed by atoms with Gasteiger partial charge in [-0.2, -0.15) is 0 Å². The van der Waals surface area contributed by atoms with E-state index in [1.54, 1.807) is 0 Å². The Kier molecular flexibility index (Phi) is 3.15. The molecule has 0 radical (unpaired) electrons. The second-order valence-electron chi connectivity index (χ2n) is 5.16. The van der Waals surface area contributed by atoms with Crippen molar-refractivity contribution in [2.75, 3.05) is 0 Å². The van der Waals surface area contributed by atoms with Crippen molar-refractivity contribution in [1.82, 2.24) is 4.57 Å². The molecule has 1 aromatic heterocycles. The molecule has 0 bridgehead atoms. The molecule has 1 aromatic rings. The Morgan fingerprint density at radius 3 is 2.93 bits per heavy atom. The van der Waals surface area contributed by atoms with Crippen molar-refractivity contribution in [1.29, 1.82) is 0 Å². The molecule has 0 spiro atoms. The number of aromatic nitrogens is 1. The quantitative estimate of drug-likeness (QED) is 0.810. The Bertz CT molecular complexity index is 325. The molecule has 1 atom stereocenters. The van der Waals surface area contributed by atoms with Gasteiger partial charge in [0.05, 0.1) is 0 Å². The molecule has 0 aliphatic heterocycles. The van der Waals surface area contributed by atoms with Gasteiger partial charge in [0.25, 0.3) is 0 Å². The van der Waals surface area contributed by atoms with E-state index in [1.807, 2.05) is 0 Å². The second kappa shape index (κ2) is 4.40. The molecule has 15 heavy (non-hydrogen) atoms. The first-order valence-corrected chi connectivity index (χ1v) is 6.11. The largest absolute Gasteiger partial charge is 0.354 e. The fourth-order valence-corrected chi connectivity index (χ4v) is 2.32. The van der Waals surface area contributed by atoms with Gasteiger partial charge in [0.1, 0.15) is 0 Å². The highest BCUT2D eigenvalue weighted by Gasteiger charge is 2.18. The smallest absolute Gasteiger partial charge is 0.0312 e. The summed E-state index contributed by atoms with van der Waals surface area (Å²) in [5.74, 6) is 0.776. The number of fused-ring (bicyclic) bond motifs is 1. The van der Waals surface area contributed by atoms with Crippen LogP contribution >= 0.6 is 0 Å². The highest BCUT2D eigenvalue weighted by molar-refractivity contribution is 5.29. The maximum absolute atomic E-state index is 6.10. The highest BCUT2D eigenvalue weighted by Crippen LogP contribution is 2.28. The van der Waals surface area contributed by atoms with Gasteiger partial charge in [0.2, 0.25) is 0 Å². The number of nitrogens with zero attached hydrogens (tertiary/aromatic N) is 1. The molecule has 1 unspecified atom stereocenters. The minimum Gasteiger partial charge on any atom is -0.354 e. The van der Waals surface area contributed by atoms with Crippen LogP contribution in [0.5, 0.6) is 0 Å².